The minimum atomic E-state index is 0.253. The standard InChI is InChI=1S/C12H24N2O2S/c1-2-17-11-3-5-13-6-4-12(15)14-7-9-16-10-8-14/h13H,2-11H2,1H3. The molecule has 17 heavy (non-hydrogen) atoms. The first-order valence-corrected chi connectivity index (χ1v) is 7.64. The predicted molar refractivity (Wildman–Crippen MR) is 72.5 cm³/mol. The van der Waals surface area contributed by atoms with E-state index in [1.165, 1.54) is 17.9 Å². The van der Waals surface area contributed by atoms with Crippen LogP contribution in [0.2, 0.25) is 0 Å². The lowest BCUT2D eigenvalue weighted by atomic mass is 10.3. The van der Waals surface area contributed by atoms with Gasteiger partial charge in [0.1, 0.15) is 0 Å². The molecule has 1 aliphatic heterocycles. The molecule has 0 bridgehead atoms. The van der Waals surface area contributed by atoms with Crippen molar-refractivity contribution in [2.45, 2.75) is 19.8 Å². The lowest BCUT2D eigenvalue weighted by Crippen LogP contribution is -2.41. The molecule has 1 saturated heterocycles. The van der Waals surface area contributed by atoms with Gasteiger partial charge in [0.2, 0.25) is 5.91 Å². The molecule has 0 spiro atoms. The molecule has 1 rings (SSSR count). The van der Waals surface area contributed by atoms with Crippen LogP contribution in [0, 0.1) is 0 Å². The van der Waals surface area contributed by atoms with Crippen LogP contribution in [0.25, 0.3) is 0 Å². The summed E-state index contributed by atoms with van der Waals surface area (Å²) in [6, 6.07) is 0. The number of carbonyl (C=O) groups is 1. The lowest BCUT2D eigenvalue weighted by Gasteiger charge is -2.26. The number of hydrogen-bond donors (Lipinski definition) is 1. The zero-order valence-electron chi connectivity index (χ0n) is 10.7. The minimum Gasteiger partial charge on any atom is -0.378 e. The van der Waals surface area contributed by atoms with Gasteiger partial charge in [-0.1, -0.05) is 6.92 Å². The van der Waals surface area contributed by atoms with Crippen LogP contribution in [0.15, 0.2) is 0 Å². The molecule has 1 N–H and O–H groups in total. The van der Waals surface area contributed by atoms with Crippen LogP contribution in [0.1, 0.15) is 19.8 Å². The molecular formula is C12H24N2O2S. The van der Waals surface area contributed by atoms with Gasteiger partial charge in [-0.15, -0.1) is 0 Å². The second-order valence-electron chi connectivity index (χ2n) is 4.04. The van der Waals surface area contributed by atoms with E-state index in [0.717, 1.165) is 26.2 Å². The number of hydrogen-bond acceptors (Lipinski definition) is 4. The topological polar surface area (TPSA) is 41.6 Å². The fourth-order valence-electron chi connectivity index (χ4n) is 1.73. The Hall–Kier alpha value is -0.260. The zero-order chi connectivity index (χ0) is 12.3. The molecule has 100 valence electrons. The summed E-state index contributed by atoms with van der Waals surface area (Å²) in [6.45, 7) is 6.88. The SMILES string of the molecule is CCSCCCNCCC(=O)N1CCOCC1. The van der Waals surface area contributed by atoms with Crippen molar-refractivity contribution in [1.82, 2.24) is 10.2 Å². The molecule has 0 saturated carbocycles. The first-order chi connectivity index (χ1) is 8.34. The highest BCUT2D eigenvalue weighted by molar-refractivity contribution is 7.99. The van der Waals surface area contributed by atoms with Crippen molar-refractivity contribution in [3.63, 3.8) is 0 Å². The van der Waals surface area contributed by atoms with Gasteiger partial charge in [0, 0.05) is 26.1 Å². The smallest absolute Gasteiger partial charge is 0.224 e. The maximum Gasteiger partial charge on any atom is 0.224 e. The lowest BCUT2D eigenvalue weighted by molar-refractivity contribution is -0.135. The van der Waals surface area contributed by atoms with Crippen molar-refractivity contribution in [2.24, 2.45) is 0 Å². The summed E-state index contributed by atoms with van der Waals surface area (Å²) in [5.41, 5.74) is 0. The Bertz CT molecular complexity index is 209. The zero-order valence-corrected chi connectivity index (χ0v) is 11.6. The maximum absolute atomic E-state index is 11.8. The minimum absolute atomic E-state index is 0.253. The summed E-state index contributed by atoms with van der Waals surface area (Å²) in [7, 11) is 0. The van der Waals surface area contributed by atoms with E-state index in [-0.39, 0.29) is 5.91 Å². The molecule has 1 heterocycles. The molecule has 0 aromatic rings. The first kappa shape index (κ1) is 14.8. The molecule has 1 amide bonds. The Morgan fingerprint density at radius 3 is 2.82 bits per heavy atom. The van der Waals surface area contributed by atoms with Crippen LogP contribution < -0.4 is 5.32 Å². The number of nitrogens with one attached hydrogen (secondary N) is 1. The largest absolute Gasteiger partial charge is 0.378 e. The average Bonchev–Trinajstić information content (AvgIpc) is 2.38. The van der Waals surface area contributed by atoms with Crippen LogP contribution >= 0.6 is 11.8 Å². The Labute approximate surface area is 108 Å². The van der Waals surface area contributed by atoms with E-state index in [2.05, 4.69) is 12.2 Å². The highest BCUT2D eigenvalue weighted by Crippen LogP contribution is 2.00. The van der Waals surface area contributed by atoms with Crippen molar-refractivity contribution in [3.05, 3.63) is 0 Å². The van der Waals surface area contributed by atoms with E-state index in [1.54, 1.807) is 0 Å². The van der Waals surface area contributed by atoms with Gasteiger partial charge in [0.25, 0.3) is 0 Å². The van der Waals surface area contributed by atoms with Crippen molar-refractivity contribution in [3.8, 4) is 0 Å². The fourth-order valence-corrected chi connectivity index (χ4v) is 2.37. The van der Waals surface area contributed by atoms with Crippen molar-refractivity contribution in [1.29, 1.82) is 0 Å². The van der Waals surface area contributed by atoms with Crippen LogP contribution in [0.3, 0.4) is 0 Å². The number of thioether (sulfide) groups is 1. The third-order valence-electron chi connectivity index (χ3n) is 2.73. The van der Waals surface area contributed by atoms with Crippen molar-refractivity contribution >= 4 is 17.7 Å². The molecule has 0 radical (unpaired) electrons. The van der Waals surface area contributed by atoms with Crippen molar-refractivity contribution in [2.75, 3.05) is 50.9 Å². The summed E-state index contributed by atoms with van der Waals surface area (Å²) in [4.78, 5) is 13.7. The fraction of sp³-hybridized carbons (Fsp3) is 0.917. The van der Waals surface area contributed by atoms with E-state index >= 15 is 0 Å². The maximum atomic E-state index is 11.8. The Morgan fingerprint density at radius 2 is 2.12 bits per heavy atom. The highest BCUT2D eigenvalue weighted by atomic mass is 32.2. The monoisotopic (exact) mass is 260 g/mol. The first-order valence-electron chi connectivity index (χ1n) is 6.48. The molecular weight excluding hydrogens is 236 g/mol. The normalized spacial score (nSPS) is 16.2. The number of ether oxygens (including phenoxy) is 1. The van der Waals surface area contributed by atoms with Gasteiger partial charge in [-0.05, 0) is 24.5 Å². The molecule has 0 aliphatic carbocycles. The Balaban J connectivity index is 1.92. The second-order valence-corrected chi connectivity index (χ2v) is 5.44. The van der Waals surface area contributed by atoms with E-state index in [1.807, 2.05) is 16.7 Å². The van der Waals surface area contributed by atoms with Crippen molar-refractivity contribution < 1.29 is 9.53 Å². The van der Waals surface area contributed by atoms with Gasteiger partial charge < -0.3 is 15.0 Å². The second kappa shape index (κ2) is 9.74. The number of nitrogens with zero attached hydrogens (tertiary/aromatic N) is 1. The highest BCUT2D eigenvalue weighted by Gasteiger charge is 2.15. The van der Waals surface area contributed by atoms with E-state index < -0.39 is 0 Å². The van der Waals surface area contributed by atoms with Crippen LogP contribution in [-0.2, 0) is 9.53 Å². The van der Waals surface area contributed by atoms with Gasteiger partial charge in [-0.3, -0.25) is 4.79 Å². The summed E-state index contributed by atoms with van der Waals surface area (Å²) in [6.07, 6.45) is 1.80. The molecule has 1 fully saturated rings. The summed E-state index contributed by atoms with van der Waals surface area (Å²) in [5, 5.41) is 3.32. The third-order valence-corrected chi connectivity index (χ3v) is 3.71. The van der Waals surface area contributed by atoms with Gasteiger partial charge in [-0.2, -0.15) is 11.8 Å². The van der Waals surface area contributed by atoms with Gasteiger partial charge in [-0.25, -0.2) is 0 Å². The molecule has 1 aliphatic rings. The summed E-state index contributed by atoms with van der Waals surface area (Å²) in [5.74, 6) is 2.65. The molecule has 0 aromatic heterocycles. The molecule has 0 aromatic carbocycles. The van der Waals surface area contributed by atoms with Crippen LogP contribution in [-0.4, -0.2) is 61.7 Å². The van der Waals surface area contributed by atoms with E-state index in [0.29, 0.717) is 19.6 Å². The van der Waals surface area contributed by atoms with Gasteiger partial charge >= 0.3 is 0 Å². The predicted octanol–water partition coefficient (Wildman–Crippen LogP) is 0.968. The number of rotatable bonds is 8. The van der Waals surface area contributed by atoms with Crippen LogP contribution in [0.4, 0.5) is 0 Å². The quantitative estimate of drug-likeness (QED) is 0.660. The van der Waals surface area contributed by atoms with Crippen LogP contribution in [0.5, 0.6) is 0 Å². The number of carbonyl (C=O) groups excluding carboxylic acids is 1. The van der Waals surface area contributed by atoms with Gasteiger partial charge in [0.05, 0.1) is 13.2 Å². The Morgan fingerprint density at radius 1 is 1.35 bits per heavy atom. The summed E-state index contributed by atoms with van der Waals surface area (Å²) >= 11 is 1.97. The average molecular weight is 260 g/mol. The molecule has 5 heteroatoms. The molecule has 4 nitrogen and oxygen atoms in total. The van der Waals surface area contributed by atoms with Gasteiger partial charge in [0.15, 0.2) is 0 Å². The molecule has 0 unspecified atom stereocenters. The van der Waals surface area contributed by atoms with E-state index in [4.69, 9.17) is 4.74 Å². The summed E-state index contributed by atoms with van der Waals surface area (Å²) < 4.78 is 5.22. The Kier molecular flexibility index (Phi) is 8.48. The number of amides is 1. The third kappa shape index (κ3) is 6.91. The number of morpholine rings is 1. The molecule has 0 atom stereocenters. The van der Waals surface area contributed by atoms with E-state index in [9.17, 15) is 4.79 Å².